The van der Waals surface area contributed by atoms with E-state index in [0.717, 1.165) is 110 Å². The van der Waals surface area contributed by atoms with Crippen LogP contribution < -0.4 is 31.9 Å². The fourth-order valence-corrected chi connectivity index (χ4v) is 6.08. The van der Waals surface area contributed by atoms with Crippen LogP contribution in [0.4, 0.5) is 0 Å². The zero-order chi connectivity index (χ0) is 54.0. The maximum absolute atomic E-state index is 11.8. The number of nitrogens with one attached hydrogen (secondary N) is 6. The second-order valence-electron chi connectivity index (χ2n) is 18.7. The zero-order valence-electron chi connectivity index (χ0n) is 45.3. The van der Waals surface area contributed by atoms with Crippen LogP contribution in [-0.2, 0) is 47.8 Å². The molecule has 0 aliphatic rings. The SMILES string of the molecule is CC(CCOCCC(=O)NCCCCCC(=O)O)OCCC(C)(C)C(C)C.CCCC(=O)NCCCCCN(O)C(=O)CCC(=O)NCCCCCNC(C)=O.CCCC(=O)NCCCCCNC=C=O. The van der Waals surface area contributed by atoms with E-state index < -0.39 is 11.9 Å². The molecule has 0 aromatic rings. The molecule has 0 heterocycles. The lowest BCUT2D eigenvalue weighted by Crippen LogP contribution is -2.31. The Balaban J connectivity index is -0.00000103. The Hall–Kier alpha value is -4.58. The fourth-order valence-electron chi connectivity index (χ4n) is 6.08. The van der Waals surface area contributed by atoms with E-state index in [2.05, 4.69) is 66.5 Å². The Morgan fingerprint density at radius 2 is 1.06 bits per heavy atom. The molecule has 6 amide bonds. The van der Waals surface area contributed by atoms with Crippen molar-refractivity contribution in [2.45, 2.75) is 203 Å². The van der Waals surface area contributed by atoms with E-state index in [1.54, 1.807) is 5.94 Å². The van der Waals surface area contributed by atoms with E-state index in [-0.39, 0.29) is 61.4 Å². The predicted octanol–water partition coefficient (Wildman–Crippen LogP) is 6.52. The van der Waals surface area contributed by atoms with Gasteiger partial charge in [-0.3, -0.25) is 38.8 Å². The standard InChI is InChI=1S/C21H41NO5.C20H38N4O5.C11H20N2O2/c1-17(2)21(4,5)12-16-27-18(3)10-14-26-15-11-19(23)22-13-8-6-7-9-20(24)25;1-3-10-18(26)22-15-8-5-9-16-24(29)20(28)12-11-19(27)23-14-7-4-6-13-21-17(2)25;1-2-6-11(15)13-8-5-3-4-7-12-9-10-14/h17-18H,6-16H2,1-5H3,(H,22,23)(H,24,25);29H,3-16H2,1-2H3,(H,21,25)(H,22,26)(H,23,27);9,12H,2-8H2,1H3,(H,13,15). The molecule has 0 radical (unpaired) electrons. The molecule has 414 valence electrons. The number of aliphatic carboxylic acids is 1. The zero-order valence-corrected chi connectivity index (χ0v) is 45.3. The minimum absolute atomic E-state index is 0.0200. The van der Waals surface area contributed by atoms with Crippen molar-refractivity contribution in [2.75, 3.05) is 65.6 Å². The van der Waals surface area contributed by atoms with E-state index in [1.165, 1.54) is 13.1 Å². The summed E-state index contributed by atoms with van der Waals surface area (Å²) >= 11 is 0. The van der Waals surface area contributed by atoms with Crippen molar-refractivity contribution in [1.29, 1.82) is 0 Å². The highest BCUT2D eigenvalue weighted by atomic mass is 16.5. The molecular formula is C52H99N7O12. The molecule has 0 aliphatic heterocycles. The lowest BCUT2D eigenvalue weighted by Gasteiger charge is -2.29. The van der Waals surface area contributed by atoms with E-state index in [1.807, 2.05) is 13.8 Å². The van der Waals surface area contributed by atoms with Crippen LogP contribution in [0.25, 0.3) is 0 Å². The number of nitrogens with zero attached hydrogens (tertiary/aromatic N) is 1. The summed E-state index contributed by atoms with van der Waals surface area (Å²) in [5, 5.41) is 35.7. The first-order valence-corrected chi connectivity index (χ1v) is 26.5. The van der Waals surface area contributed by atoms with Crippen molar-refractivity contribution in [1.82, 2.24) is 37.0 Å². The number of hydrogen-bond donors (Lipinski definition) is 8. The van der Waals surface area contributed by atoms with Crippen LogP contribution in [0.5, 0.6) is 0 Å². The number of ether oxygens (including phenoxy) is 2. The van der Waals surface area contributed by atoms with Crippen molar-refractivity contribution in [3.8, 4) is 0 Å². The summed E-state index contributed by atoms with van der Waals surface area (Å²) < 4.78 is 11.4. The maximum atomic E-state index is 11.8. The lowest BCUT2D eigenvalue weighted by molar-refractivity contribution is -0.166. The van der Waals surface area contributed by atoms with Gasteiger partial charge in [0.2, 0.25) is 35.4 Å². The monoisotopic (exact) mass is 1010 g/mol. The van der Waals surface area contributed by atoms with Gasteiger partial charge in [-0.15, -0.1) is 0 Å². The Kier molecular flexibility index (Phi) is 50.1. The van der Waals surface area contributed by atoms with Crippen molar-refractivity contribution in [3.05, 3.63) is 6.20 Å². The van der Waals surface area contributed by atoms with Gasteiger partial charge in [0.05, 0.1) is 18.9 Å². The van der Waals surface area contributed by atoms with E-state index >= 15 is 0 Å². The molecule has 0 fully saturated rings. The fraction of sp³-hybridized carbons (Fsp3) is 0.827. The molecule has 19 heteroatoms. The smallest absolute Gasteiger partial charge is 0.303 e. The highest BCUT2D eigenvalue weighted by molar-refractivity contribution is 5.83. The third kappa shape index (κ3) is 54.6. The average Bonchev–Trinajstić information content (AvgIpc) is 3.31. The normalized spacial score (nSPS) is 11.1. The number of carbonyl (C=O) groups excluding carboxylic acids is 7. The van der Waals surface area contributed by atoms with Gasteiger partial charge in [-0.1, -0.05) is 48.0 Å². The highest BCUT2D eigenvalue weighted by Gasteiger charge is 2.22. The number of unbranched alkanes of at least 4 members (excludes halogenated alkanes) is 8. The molecule has 0 spiro atoms. The maximum Gasteiger partial charge on any atom is 0.303 e. The van der Waals surface area contributed by atoms with E-state index in [9.17, 15) is 43.6 Å². The Morgan fingerprint density at radius 3 is 1.54 bits per heavy atom. The van der Waals surface area contributed by atoms with Crippen molar-refractivity contribution in [2.24, 2.45) is 11.3 Å². The second-order valence-corrected chi connectivity index (χ2v) is 18.7. The van der Waals surface area contributed by atoms with Crippen LogP contribution in [0.1, 0.15) is 197 Å². The summed E-state index contributed by atoms with van der Waals surface area (Å²) in [6.07, 6.45) is 16.9. The molecule has 0 saturated carbocycles. The summed E-state index contributed by atoms with van der Waals surface area (Å²) in [6, 6.07) is 0. The van der Waals surface area contributed by atoms with Gasteiger partial charge in [0, 0.05) is 104 Å². The van der Waals surface area contributed by atoms with Gasteiger partial charge >= 0.3 is 5.97 Å². The van der Waals surface area contributed by atoms with Crippen LogP contribution >= 0.6 is 0 Å². The van der Waals surface area contributed by atoms with E-state index in [0.29, 0.717) is 87.9 Å². The van der Waals surface area contributed by atoms with Gasteiger partial charge in [0.25, 0.3) is 0 Å². The number of carboxylic acids is 1. The largest absolute Gasteiger partial charge is 0.481 e. The van der Waals surface area contributed by atoms with Crippen LogP contribution in [0.15, 0.2) is 6.20 Å². The minimum atomic E-state index is -0.768. The second kappa shape index (κ2) is 50.4. The average molecular weight is 1010 g/mol. The molecule has 0 aliphatic carbocycles. The van der Waals surface area contributed by atoms with Crippen LogP contribution in [-0.4, -0.2) is 134 Å². The summed E-state index contributed by atoms with van der Waals surface area (Å²) in [5.74, 6) is 0.969. The number of carbonyl (C=O) groups is 7. The van der Waals surface area contributed by atoms with Gasteiger partial charge in [-0.25, -0.2) is 9.86 Å². The molecule has 1 atom stereocenters. The van der Waals surface area contributed by atoms with Crippen LogP contribution in [0, 0.1) is 11.3 Å². The van der Waals surface area contributed by atoms with Crippen molar-refractivity contribution >= 4 is 47.4 Å². The number of carboxylic acid groups (broad SMARTS) is 1. The van der Waals surface area contributed by atoms with Gasteiger partial charge in [-0.2, -0.15) is 0 Å². The molecular weight excluding hydrogens is 915 g/mol. The van der Waals surface area contributed by atoms with E-state index in [4.69, 9.17) is 14.6 Å². The summed E-state index contributed by atoms with van der Waals surface area (Å²) in [7, 11) is 0. The molecule has 8 N–H and O–H groups in total. The van der Waals surface area contributed by atoms with Crippen LogP contribution in [0.3, 0.4) is 0 Å². The van der Waals surface area contributed by atoms with Crippen molar-refractivity contribution < 1.29 is 58.1 Å². The van der Waals surface area contributed by atoms with Crippen LogP contribution in [0.2, 0.25) is 0 Å². The van der Waals surface area contributed by atoms with Crippen molar-refractivity contribution in [3.63, 3.8) is 0 Å². The summed E-state index contributed by atoms with van der Waals surface area (Å²) in [5.41, 5.74) is 0.292. The number of amides is 6. The van der Waals surface area contributed by atoms with Gasteiger partial charge in [0.15, 0.2) is 0 Å². The summed E-state index contributed by atoms with van der Waals surface area (Å²) in [4.78, 5) is 88.4. The quantitative estimate of drug-likeness (QED) is 0.0140. The molecule has 71 heavy (non-hydrogen) atoms. The number of rotatable bonds is 43. The molecule has 0 aromatic heterocycles. The topological polar surface area (TPSA) is 271 Å². The number of hydrogen-bond acceptors (Lipinski definition) is 12. The third-order valence-corrected chi connectivity index (χ3v) is 11.5. The Bertz CT molecular complexity index is 1440. The lowest BCUT2D eigenvalue weighted by atomic mass is 9.79. The third-order valence-electron chi connectivity index (χ3n) is 11.5. The van der Waals surface area contributed by atoms with Gasteiger partial charge < -0.3 is 46.5 Å². The summed E-state index contributed by atoms with van der Waals surface area (Å²) in [6.45, 7) is 22.4. The molecule has 1 unspecified atom stereocenters. The molecule has 0 rings (SSSR count). The molecule has 0 saturated heterocycles. The highest BCUT2D eigenvalue weighted by Crippen LogP contribution is 2.30. The Labute approximate surface area is 427 Å². The first-order chi connectivity index (χ1) is 33.8. The predicted molar refractivity (Wildman–Crippen MR) is 278 cm³/mol. The molecule has 19 nitrogen and oxygen atoms in total. The Morgan fingerprint density at radius 1 is 0.592 bits per heavy atom. The minimum Gasteiger partial charge on any atom is -0.481 e. The van der Waals surface area contributed by atoms with Gasteiger partial charge in [-0.05, 0) is 115 Å². The molecule has 0 aromatic carbocycles. The molecule has 0 bridgehead atoms. The number of hydroxylamine groups is 2. The first kappa shape index (κ1) is 70.7. The first-order valence-electron chi connectivity index (χ1n) is 26.5. The van der Waals surface area contributed by atoms with Gasteiger partial charge in [0.1, 0.15) is 5.94 Å².